The summed E-state index contributed by atoms with van der Waals surface area (Å²) in [5.74, 6) is -0.453. The fourth-order valence-electron chi connectivity index (χ4n) is 5.02. The third-order valence-corrected chi connectivity index (χ3v) is 6.76. The van der Waals surface area contributed by atoms with E-state index in [0.717, 1.165) is 11.3 Å². The van der Waals surface area contributed by atoms with Gasteiger partial charge in [-0.05, 0) is 62.3 Å². The number of phenolic OH excluding ortho intramolecular Hbond substituents is 1. The minimum absolute atomic E-state index is 0.00650. The van der Waals surface area contributed by atoms with E-state index in [9.17, 15) is 14.7 Å². The van der Waals surface area contributed by atoms with Crippen molar-refractivity contribution in [2.24, 2.45) is 5.92 Å². The van der Waals surface area contributed by atoms with Crippen LogP contribution in [-0.4, -0.2) is 30.1 Å². The first-order chi connectivity index (χ1) is 17.2. The van der Waals surface area contributed by atoms with Gasteiger partial charge in [-0.3, -0.25) is 4.79 Å². The molecule has 2 aromatic rings. The number of ketones is 1. The topological polar surface area (TPSA) is 84.9 Å². The second-order valence-corrected chi connectivity index (χ2v) is 10.1. The number of allylic oxidation sites excluding steroid dienone is 3. The number of carbonyl (C=O) groups is 2. The molecule has 0 fully saturated rings. The van der Waals surface area contributed by atoms with E-state index in [0.29, 0.717) is 47.6 Å². The Morgan fingerprint density at radius 1 is 1.08 bits per heavy atom. The Hall–Kier alpha value is -3.54. The van der Waals surface area contributed by atoms with E-state index in [1.54, 1.807) is 18.2 Å². The zero-order valence-corrected chi connectivity index (χ0v) is 21.7. The van der Waals surface area contributed by atoms with E-state index in [4.69, 9.17) is 9.47 Å². The molecule has 1 aliphatic heterocycles. The molecular weight excluding hydrogens is 454 g/mol. The Bertz CT molecular complexity index is 1220. The summed E-state index contributed by atoms with van der Waals surface area (Å²) in [6.07, 6.45) is 1.03. The van der Waals surface area contributed by atoms with Crippen LogP contribution in [0, 0.1) is 12.8 Å². The molecule has 0 bridgehead atoms. The number of rotatable bonds is 7. The molecule has 6 heteroatoms. The van der Waals surface area contributed by atoms with Crippen molar-refractivity contribution in [3.8, 4) is 11.5 Å². The van der Waals surface area contributed by atoms with Crippen molar-refractivity contribution in [1.29, 1.82) is 0 Å². The zero-order chi connectivity index (χ0) is 26.0. The molecule has 4 rings (SSSR count). The molecule has 0 aromatic heterocycles. The number of phenols is 1. The summed E-state index contributed by atoms with van der Waals surface area (Å²) in [6, 6.07) is 13.3. The molecule has 2 unspecified atom stereocenters. The third kappa shape index (κ3) is 5.18. The molecule has 36 heavy (non-hydrogen) atoms. The summed E-state index contributed by atoms with van der Waals surface area (Å²) >= 11 is 0. The highest BCUT2D eigenvalue weighted by atomic mass is 16.5. The maximum Gasteiger partial charge on any atom is 0.336 e. The number of hydrogen-bond acceptors (Lipinski definition) is 6. The number of benzene rings is 2. The largest absolute Gasteiger partial charge is 0.504 e. The van der Waals surface area contributed by atoms with Gasteiger partial charge in [-0.2, -0.15) is 0 Å². The van der Waals surface area contributed by atoms with Gasteiger partial charge in [0.2, 0.25) is 0 Å². The number of esters is 1. The average Bonchev–Trinajstić information content (AvgIpc) is 2.83. The van der Waals surface area contributed by atoms with E-state index in [1.165, 1.54) is 5.56 Å². The second-order valence-electron chi connectivity index (χ2n) is 10.1. The highest BCUT2D eigenvalue weighted by Crippen LogP contribution is 2.47. The quantitative estimate of drug-likeness (QED) is 0.488. The Kier molecular flexibility index (Phi) is 7.53. The SMILES string of the molecule is CCOc1cc(C2C(C(=O)OCC(C)C)=C(C)NC3=C2C(=O)CC(c2ccc(C)cc2)C3)ccc1O. The van der Waals surface area contributed by atoms with Gasteiger partial charge in [0.1, 0.15) is 0 Å². The molecule has 1 heterocycles. The predicted molar refractivity (Wildman–Crippen MR) is 139 cm³/mol. The van der Waals surface area contributed by atoms with Crippen LogP contribution in [0.1, 0.15) is 69.1 Å². The van der Waals surface area contributed by atoms with Gasteiger partial charge in [0.05, 0.1) is 18.8 Å². The van der Waals surface area contributed by atoms with E-state index < -0.39 is 11.9 Å². The van der Waals surface area contributed by atoms with Crippen molar-refractivity contribution in [2.75, 3.05) is 13.2 Å². The molecule has 190 valence electrons. The van der Waals surface area contributed by atoms with Gasteiger partial charge in [0.25, 0.3) is 0 Å². The average molecular weight is 490 g/mol. The first kappa shape index (κ1) is 25.5. The molecule has 0 amide bonds. The highest BCUT2D eigenvalue weighted by Gasteiger charge is 2.41. The van der Waals surface area contributed by atoms with Crippen LogP contribution in [0.25, 0.3) is 0 Å². The standard InChI is InChI=1S/C30H35NO5/c1-6-35-26-15-21(11-12-24(26)32)28-27(30(34)36-16-17(2)3)19(5)31-23-13-22(14-25(33)29(23)28)20-9-7-18(4)8-10-20/h7-12,15,17,22,28,31-32H,6,13-14,16H2,1-5H3. The van der Waals surface area contributed by atoms with Crippen LogP contribution in [0.15, 0.2) is 65.0 Å². The maximum atomic E-state index is 13.7. The van der Waals surface area contributed by atoms with Crippen molar-refractivity contribution in [3.63, 3.8) is 0 Å². The Morgan fingerprint density at radius 2 is 1.78 bits per heavy atom. The first-order valence-electron chi connectivity index (χ1n) is 12.6. The van der Waals surface area contributed by atoms with Crippen LogP contribution in [0.3, 0.4) is 0 Å². The maximum absolute atomic E-state index is 13.7. The van der Waals surface area contributed by atoms with Crippen LogP contribution >= 0.6 is 0 Å². The van der Waals surface area contributed by atoms with Crippen molar-refractivity contribution < 1.29 is 24.2 Å². The number of nitrogens with one attached hydrogen (secondary N) is 1. The summed E-state index contributed by atoms with van der Waals surface area (Å²) in [4.78, 5) is 27.1. The van der Waals surface area contributed by atoms with Crippen LogP contribution in [-0.2, 0) is 14.3 Å². The lowest BCUT2D eigenvalue weighted by Gasteiger charge is -2.37. The van der Waals surface area contributed by atoms with Gasteiger partial charge >= 0.3 is 5.97 Å². The lowest BCUT2D eigenvalue weighted by atomic mass is 9.71. The first-order valence-corrected chi connectivity index (χ1v) is 12.6. The molecule has 2 atom stereocenters. The molecule has 0 radical (unpaired) electrons. The van der Waals surface area contributed by atoms with E-state index >= 15 is 0 Å². The van der Waals surface area contributed by atoms with Gasteiger partial charge in [-0.25, -0.2) is 4.79 Å². The Morgan fingerprint density at radius 3 is 2.44 bits per heavy atom. The summed E-state index contributed by atoms with van der Waals surface area (Å²) in [7, 11) is 0. The molecule has 1 aliphatic carbocycles. The van der Waals surface area contributed by atoms with Crippen molar-refractivity contribution in [2.45, 2.75) is 59.3 Å². The number of ether oxygens (including phenoxy) is 2. The van der Waals surface area contributed by atoms with Crippen molar-refractivity contribution in [1.82, 2.24) is 5.32 Å². The number of Topliss-reactive ketones (excluding diaryl/α,β-unsaturated/α-hetero) is 1. The Labute approximate surface area is 213 Å². The van der Waals surface area contributed by atoms with Crippen molar-refractivity contribution >= 4 is 11.8 Å². The third-order valence-electron chi connectivity index (χ3n) is 6.76. The van der Waals surface area contributed by atoms with E-state index in [-0.39, 0.29) is 30.0 Å². The van der Waals surface area contributed by atoms with Crippen LogP contribution in [0.4, 0.5) is 0 Å². The number of dihydropyridines is 1. The molecule has 2 aromatic carbocycles. The zero-order valence-electron chi connectivity index (χ0n) is 21.7. The number of carbonyl (C=O) groups excluding carboxylic acids is 2. The summed E-state index contributed by atoms with van der Waals surface area (Å²) in [5, 5.41) is 13.7. The number of aromatic hydroxyl groups is 1. The normalized spacial score (nSPS) is 19.8. The van der Waals surface area contributed by atoms with E-state index in [2.05, 4.69) is 29.6 Å². The fraction of sp³-hybridized carbons (Fsp3) is 0.400. The lowest BCUT2D eigenvalue weighted by molar-refractivity contribution is -0.140. The van der Waals surface area contributed by atoms with Crippen LogP contribution < -0.4 is 10.1 Å². The van der Waals surface area contributed by atoms with Gasteiger partial charge in [0.15, 0.2) is 17.3 Å². The highest BCUT2D eigenvalue weighted by molar-refractivity contribution is 6.04. The molecule has 0 saturated heterocycles. The van der Waals surface area contributed by atoms with Gasteiger partial charge < -0.3 is 19.9 Å². The van der Waals surface area contributed by atoms with Crippen LogP contribution in [0.2, 0.25) is 0 Å². The van der Waals surface area contributed by atoms with Gasteiger partial charge in [-0.1, -0.05) is 49.7 Å². The molecule has 0 spiro atoms. The van der Waals surface area contributed by atoms with Gasteiger partial charge in [-0.15, -0.1) is 0 Å². The molecule has 2 aliphatic rings. The summed E-state index contributed by atoms with van der Waals surface area (Å²) in [5.41, 5.74) is 5.55. The fourth-order valence-corrected chi connectivity index (χ4v) is 5.02. The molecular formula is C30H35NO5. The van der Waals surface area contributed by atoms with Gasteiger partial charge in [0, 0.05) is 29.3 Å². The monoisotopic (exact) mass is 489 g/mol. The Balaban J connectivity index is 1.79. The summed E-state index contributed by atoms with van der Waals surface area (Å²) < 4.78 is 11.3. The predicted octanol–water partition coefficient (Wildman–Crippen LogP) is 5.66. The number of aryl methyl sites for hydroxylation is 1. The number of hydrogen-bond donors (Lipinski definition) is 2. The minimum atomic E-state index is -0.604. The molecule has 6 nitrogen and oxygen atoms in total. The smallest absolute Gasteiger partial charge is 0.336 e. The molecule has 0 saturated carbocycles. The lowest BCUT2D eigenvalue weighted by Crippen LogP contribution is -2.36. The molecule has 2 N–H and O–H groups in total. The van der Waals surface area contributed by atoms with Crippen molar-refractivity contribution in [3.05, 3.63) is 81.7 Å². The van der Waals surface area contributed by atoms with Crippen LogP contribution in [0.5, 0.6) is 11.5 Å². The minimum Gasteiger partial charge on any atom is -0.504 e. The summed E-state index contributed by atoms with van der Waals surface area (Å²) in [6.45, 7) is 10.4. The van der Waals surface area contributed by atoms with E-state index in [1.807, 2.05) is 34.6 Å². The second kappa shape index (κ2) is 10.6.